The molecule has 8 heteroatoms. The Balaban J connectivity index is 2.31. The maximum Gasteiger partial charge on any atom is 0.276 e. The molecule has 1 atom stereocenters. The van der Waals surface area contributed by atoms with Gasteiger partial charge in [0.15, 0.2) is 0 Å². The molecule has 1 fully saturated rings. The monoisotopic (exact) mass is 253 g/mol. The molecule has 0 amide bonds. The van der Waals surface area contributed by atoms with Gasteiger partial charge in [-0.05, 0) is 12.8 Å². The fourth-order valence-electron chi connectivity index (χ4n) is 2.01. The normalized spacial score (nSPS) is 19.7. The predicted molar refractivity (Wildman–Crippen MR) is 66.2 cm³/mol. The van der Waals surface area contributed by atoms with Gasteiger partial charge in [-0.1, -0.05) is 0 Å². The van der Waals surface area contributed by atoms with Crippen LogP contribution in [0.5, 0.6) is 0 Å². The number of nitrogens with one attached hydrogen (secondary N) is 1. The van der Waals surface area contributed by atoms with Crippen LogP contribution in [0.1, 0.15) is 12.8 Å². The average Bonchev–Trinajstić information content (AvgIpc) is 2.38. The van der Waals surface area contributed by atoms with Gasteiger partial charge < -0.3 is 15.4 Å². The molecule has 0 spiro atoms. The first kappa shape index (κ1) is 12.5. The molecule has 1 aromatic rings. The summed E-state index contributed by atoms with van der Waals surface area (Å²) in [6.45, 7) is 1.15. The van der Waals surface area contributed by atoms with Crippen LogP contribution in [0, 0.1) is 10.1 Å². The lowest BCUT2D eigenvalue weighted by molar-refractivity contribution is -0.384. The fraction of sp³-hybridized carbons (Fsp3) is 0.500. The molecule has 98 valence electrons. The molecular weight excluding hydrogens is 238 g/mol. The van der Waals surface area contributed by atoms with Gasteiger partial charge >= 0.3 is 0 Å². The maximum atomic E-state index is 10.8. The number of aliphatic hydroxyl groups is 1. The number of hydrogen-bond acceptors (Lipinski definition) is 7. The zero-order valence-corrected chi connectivity index (χ0v) is 9.74. The van der Waals surface area contributed by atoms with Crippen molar-refractivity contribution in [1.29, 1.82) is 0 Å². The molecule has 0 bridgehead atoms. The van der Waals surface area contributed by atoms with Crippen molar-refractivity contribution < 1.29 is 10.0 Å². The van der Waals surface area contributed by atoms with Crippen molar-refractivity contribution in [2.75, 3.05) is 23.4 Å². The molecule has 1 aromatic heterocycles. The van der Waals surface area contributed by atoms with Gasteiger partial charge in [0, 0.05) is 13.1 Å². The van der Waals surface area contributed by atoms with Crippen LogP contribution in [-0.2, 0) is 0 Å². The van der Waals surface area contributed by atoms with Crippen LogP contribution >= 0.6 is 0 Å². The summed E-state index contributed by atoms with van der Waals surface area (Å²) in [5, 5.41) is 20.4. The number of nitrogens with two attached hydrogens (primary N) is 1. The minimum Gasteiger partial charge on any atom is -0.391 e. The molecule has 4 N–H and O–H groups in total. The molecule has 0 aliphatic carbocycles. The molecule has 2 rings (SSSR count). The summed E-state index contributed by atoms with van der Waals surface area (Å²) in [4.78, 5) is 16.3. The lowest BCUT2D eigenvalue weighted by Crippen LogP contribution is -2.38. The highest BCUT2D eigenvalue weighted by Crippen LogP contribution is 2.25. The largest absolute Gasteiger partial charge is 0.391 e. The Labute approximate surface area is 104 Å². The number of anilines is 2. The number of aliphatic hydroxyl groups excluding tert-OH is 1. The second-order valence-electron chi connectivity index (χ2n) is 4.21. The number of nitrogens with zero attached hydrogens (tertiary/aromatic N) is 3. The quantitative estimate of drug-likeness (QED) is 0.401. The molecule has 18 heavy (non-hydrogen) atoms. The van der Waals surface area contributed by atoms with Gasteiger partial charge in [-0.3, -0.25) is 10.1 Å². The zero-order chi connectivity index (χ0) is 13.1. The van der Waals surface area contributed by atoms with Crippen molar-refractivity contribution in [2.24, 2.45) is 5.84 Å². The van der Waals surface area contributed by atoms with E-state index in [1.165, 1.54) is 12.1 Å². The number of hydrazine groups is 1. The lowest BCUT2D eigenvalue weighted by Gasteiger charge is -2.31. The molecule has 0 aromatic carbocycles. The molecule has 1 unspecified atom stereocenters. The first-order chi connectivity index (χ1) is 8.60. The zero-order valence-electron chi connectivity index (χ0n) is 9.74. The number of aromatic nitrogens is 1. The summed E-state index contributed by atoms with van der Waals surface area (Å²) in [7, 11) is 0. The number of nitrogen functional groups attached to an aromatic ring is 1. The Morgan fingerprint density at radius 2 is 2.39 bits per heavy atom. The van der Waals surface area contributed by atoms with Gasteiger partial charge in [0.05, 0.1) is 23.2 Å². The van der Waals surface area contributed by atoms with Crippen LogP contribution in [-0.4, -0.2) is 34.2 Å². The summed E-state index contributed by atoms with van der Waals surface area (Å²) in [5.41, 5.74) is 2.23. The number of piperidine rings is 1. The predicted octanol–water partition coefficient (Wildman–Crippen LogP) is 0.236. The number of nitro groups is 1. The van der Waals surface area contributed by atoms with E-state index in [0.29, 0.717) is 12.4 Å². The minimum atomic E-state index is -0.494. The lowest BCUT2D eigenvalue weighted by atomic mass is 10.1. The summed E-state index contributed by atoms with van der Waals surface area (Å²) in [6, 6.07) is 2.66. The minimum absolute atomic E-state index is 0.0759. The van der Waals surface area contributed by atoms with E-state index in [0.717, 1.165) is 19.4 Å². The van der Waals surface area contributed by atoms with Crippen molar-refractivity contribution >= 4 is 17.3 Å². The van der Waals surface area contributed by atoms with E-state index >= 15 is 0 Å². The van der Waals surface area contributed by atoms with Gasteiger partial charge in [0.1, 0.15) is 11.6 Å². The molecule has 0 saturated carbocycles. The van der Waals surface area contributed by atoms with E-state index < -0.39 is 11.0 Å². The highest BCUT2D eigenvalue weighted by molar-refractivity contribution is 5.55. The van der Waals surface area contributed by atoms with Crippen LogP contribution in [0.15, 0.2) is 12.1 Å². The van der Waals surface area contributed by atoms with Crippen LogP contribution in [0.3, 0.4) is 0 Å². The number of pyridine rings is 1. The molecule has 0 radical (unpaired) electrons. The summed E-state index contributed by atoms with van der Waals surface area (Å²) in [5.74, 6) is 5.93. The summed E-state index contributed by atoms with van der Waals surface area (Å²) >= 11 is 0. The third-order valence-electron chi connectivity index (χ3n) is 2.88. The third-order valence-corrected chi connectivity index (χ3v) is 2.88. The molecule has 8 nitrogen and oxygen atoms in total. The second-order valence-corrected chi connectivity index (χ2v) is 4.21. The van der Waals surface area contributed by atoms with Crippen molar-refractivity contribution in [1.82, 2.24) is 4.98 Å². The fourth-order valence-corrected chi connectivity index (χ4v) is 2.01. The Morgan fingerprint density at radius 3 is 3.00 bits per heavy atom. The van der Waals surface area contributed by atoms with Crippen molar-refractivity contribution in [3.8, 4) is 0 Å². The number of β-amino-alcohol motifs (C(OH)–C–C–N with tert-alkyl or cyclic N) is 1. The maximum absolute atomic E-state index is 10.8. The van der Waals surface area contributed by atoms with E-state index in [1.807, 2.05) is 4.90 Å². The van der Waals surface area contributed by atoms with Gasteiger partial charge in [-0.15, -0.1) is 0 Å². The Kier molecular flexibility index (Phi) is 3.58. The number of hydrogen-bond donors (Lipinski definition) is 3. The third kappa shape index (κ3) is 2.66. The van der Waals surface area contributed by atoms with Gasteiger partial charge in [-0.25, -0.2) is 10.8 Å². The Morgan fingerprint density at radius 1 is 1.61 bits per heavy atom. The SMILES string of the molecule is NNc1cc([N+](=O)[O-])cc(N2CCCC(O)C2)n1. The van der Waals surface area contributed by atoms with E-state index in [4.69, 9.17) is 5.84 Å². The highest BCUT2D eigenvalue weighted by Gasteiger charge is 2.21. The molecule has 1 aliphatic heterocycles. The van der Waals surface area contributed by atoms with Gasteiger partial charge in [-0.2, -0.15) is 0 Å². The van der Waals surface area contributed by atoms with E-state index in [-0.39, 0.29) is 11.5 Å². The van der Waals surface area contributed by atoms with Crippen LogP contribution < -0.4 is 16.2 Å². The Hall–Kier alpha value is -1.93. The van der Waals surface area contributed by atoms with Crippen LogP contribution in [0.4, 0.5) is 17.3 Å². The first-order valence-corrected chi connectivity index (χ1v) is 5.66. The Bertz CT molecular complexity index is 453. The smallest absolute Gasteiger partial charge is 0.276 e. The molecule has 2 heterocycles. The van der Waals surface area contributed by atoms with Crippen molar-refractivity contribution in [2.45, 2.75) is 18.9 Å². The van der Waals surface area contributed by atoms with Crippen molar-refractivity contribution in [3.05, 3.63) is 22.2 Å². The van der Waals surface area contributed by atoms with Crippen molar-refractivity contribution in [3.63, 3.8) is 0 Å². The topological polar surface area (TPSA) is 118 Å². The molecule has 1 aliphatic rings. The molecular formula is C10H15N5O3. The van der Waals surface area contributed by atoms with E-state index in [1.54, 1.807) is 0 Å². The van der Waals surface area contributed by atoms with E-state index in [9.17, 15) is 15.2 Å². The average molecular weight is 253 g/mol. The number of rotatable bonds is 3. The van der Waals surface area contributed by atoms with Crippen LogP contribution in [0.2, 0.25) is 0 Å². The van der Waals surface area contributed by atoms with E-state index in [2.05, 4.69) is 10.4 Å². The molecule has 1 saturated heterocycles. The van der Waals surface area contributed by atoms with Gasteiger partial charge in [0.2, 0.25) is 0 Å². The highest BCUT2D eigenvalue weighted by atomic mass is 16.6. The summed E-state index contributed by atoms with van der Waals surface area (Å²) < 4.78 is 0. The standard InChI is InChI=1S/C10H15N5O3/c11-13-9-4-7(15(17)18)5-10(12-9)14-3-1-2-8(16)6-14/h4-5,8,16H,1-3,6,11H2,(H,12,13). The second kappa shape index (κ2) is 5.15. The van der Waals surface area contributed by atoms with Crippen LogP contribution in [0.25, 0.3) is 0 Å². The summed E-state index contributed by atoms with van der Waals surface area (Å²) in [6.07, 6.45) is 1.15. The first-order valence-electron chi connectivity index (χ1n) is 5.66. The van der Waals surface area contributed by atoms with Gasteiger partial charge in [0.25, 0.3) is 5.69 Å².